The molecule has 0 aliphatic carbocycles. The summed E-state index contributed by atoms with van der Waals surface area (Å²) in [5, 5.41) is 4.20. The molecule has 3 N–H and O–H groups in total. The maximum absolute atomic E-state index is 10.5. The highest BCUT2D eigenvalue weighted by molar-refractivity contribution is 6.31. The number of urea groups is 1. The maximum Gasteiger partial charge on any atom is 0.332 e. The summed E-state index contributed by atoms with van der Waals surface area (Å²) < 4.78 is 10.5. The van der Waals surface area contributed by atoms with Crippen molar-refractivity contribution in [1.82, 2.24) is 5.43 Å². The summed E-state index contributed by atoms with van der Waals surface area (Å²) in [6.07, 6.45) is 1.42. The Morgan fingerprint density at radius 1 is 1.59 bits per heavy atom. The summed E-state index contributed by atoms with van der Waals surface area (Å²) in [5.41, 5.74) is 8.48. The predicted octanol–water partition coefficient (Wildman–Crippen LogP) is 1.21. The molecule has 0 fully saturated rings. The number of primary amides is 1. The molecule has 6 nitrogen and oxygen atoms in total. The zero-order chi connectivity index (χ0) is 12.3. The van der Waals surface area contributed by atoms with Crippen molar-refractivity contribution in [2.75, 3.05) is 6.79 Å². The van der Waals surface area contributed by atoms with Gasteiger partial charge in [-0.05, 0) is 12.1 Å². The van der Waals surface area contributed by atoms with Gasteiger partial charge in [0.05, 0.1) is 12.8 Å². The lowest BCUT2D eigenvalue weighted by Gasteiger charge is -2.19. The van der Waals surface area contributed by atoms with Crippen LogP contribution in [0.4, 0.5) is 4.79 Å². The second-order valence-electron chi connectivity index (χ2n) is 3.33. The molecule has 1 aromatic carbocycles. The number of benzene rings is 1. The Hall–Kier alpha value is -1.79. The minimum atomic E-state index is -0.735. The molecule has 0 aromatic heterocycles. The van der Waals surface area contributed by atoms with E-state index in [0.717, 1.165) is 5.56 Å². The van der Waals surface area contributed by atoms with E-state index in [1.807, 2.05) is 0 Å². The summed E-state index contributed by atoms with van der Waals surface area (Å²) in [7, 11) is 0. The van der Waals surface area contributed by atoms with Gasteiger partial charge in [0.25, 0.3) is 0 Å². The lowest BCUT2D eigenvalue weighted by Crippen LogP contribution is -2.24. The molecule has 0 radical (unpaired) electrons. The van der Waals surface area contributed by atoms with E-state index in [9.17, 15) is 4.79 Å². The SMILES string of the molecule is NC(=O)NN=Cc1cc(Cl)cc2c1OCOC2. The van der Waals surface area contributed by atoms with Gasteiger partial charge in [-0.15, -0.1) is 0 Å². The van der Waals surface area contributed by atoms with Crippen molar-refractivity contribution in [3.8, 4) is 5.75 Å². The van der Waals surface area contributed by atoms with E-state index >= 15 is 0 Å². The molecule has 0 saturated carbocycles. The van der Waals surface area contributed by atoms with Gasteiger partial charge < -0.3 is 15.2 Å². The van der Waals surface area contributed by atoms with Gasteiger partial charge in [0.1, 0.15) is 5.75 Å². The van der Waals surface area contributed by atoms with Crippen LogP contribution in [0, 0.1) is 0 Å². The first-order chi connectivity index (χ1) is 8.16. The second kappa shape index (κ2) is 5.03. The molecular weight excluding hydrogens is 246 g/mol. The smallest absolute Gasteiger partial charge is 0.332 e. The van der Waals surface area contributed by atoms with Crippen LogP contribution in [0.15, 0.2) is 17.2 Å². The van der Waals surface area contributed by atoms with E-state index in [1.54, 1.807) is 12.1 Å². The number of halogens is 1. The first-order valence-corrected chi connectivity index (χ1v) is 5.16. The number of nitrogens with one attached hydrogen (secondary N) is 1. The van der Waals surface area contributed by atoms with Crippen molar-refractivity contribution in [3.63, 3.8) is 0 Å². The molecular formula is C10H10ClN3O3. The largest absolute Gasteiger partial charge is 0.466 e. The first kappa shape index (κ1) is 11.7. The molecule has 0 unspecified atom stereocenters. The monoisotopic (exact) mass is 255 g/mol. The number of hydrogen-bond donors (Lipinski definition) is 2. The molecule has 0 spiro atoms. The Labute approximate surface area is 102 Å². The van der Waals surface area contributed by atoms with Gasteiger partial charge in [0.15, 0.2) is 6.79 Å². The molecule has 1 aromatic rings. The zero-order valence-electron chi connectivity index (χ0n) is 8.77. The average molecular weight is 256 g/mol. The summed E-state index contributed by atoms with van der Waals surface area (Å²) >= 11 is 5.94. The first-order valence-electron chi connectivity index (χ1n) is 4.78. The number of hydrogen-bond acceptors (Lipinski definition) is 4. The van der Waals surface area contributed by atoms with Gasteiger partial charge in [-0.2, -0.15) is 5.10 Å². The number of amides is 2. The fourth-order valence-corrected chi connectivity index (χ4v) is 1.72. The van der Waals surface area contributed by atoms with Gasteiger partial charge in [-0.1, -0.05) is 11.6 Å². The molecule has 17 heavy (non-hydrogen) atoms. The third-order valence-electron chi connectivity index (χ3n) is 2.08. The number of hydrazone groups is 1. The molecule has 0 saturated heterocycles. The van der Waals surface area contributed by atoms with Crippen LogP contribution in [0.25, 0.3) is 0 Å². The van der Waals surface area contributed by atoms with Crippen molar-refractivity contribution in [2.24, 2.45) is 10.8 Å². The molecule has 1 heterocycles. The predicted molar refractivity (Wildman–Crippen MR) is 62.0 cm³/mol. The second-order valence-corrected chi connectivity index (χ2v) is 3.76. The van der Waals surface area contributed by atoms with Crippen LogP contribution in [-0.4, -0.2) is 19.0 Å². The van der Waals surface area contributed by atoms with E-state index in [0.29, 0.717) is 22.9 Å². The normalized spacial score (nSPS) is 14.2. The zero-order valence-corrected chi connectivity index (χ0v) is 9.53. The molecule has 1 aliphatic rings. The topological polar surface area (TPSA) is 85.9 Å². The summed E-state index contributed by atoms with van der Waals surface area (Å²) in [6, 6.07) is 2.70. The van der Waals surface area contributed by atoms with Crippen molar-refractivity contribution in [2.45, 2.75) is 6.61 Å². The maximum atomic E-state index is 10.5. The van der Waals surface area contributed by atoms with Crippen LogP contribution in [-0.2, 0) is 11.3 Å². The fourth-order valence-electron chi connectivity index (χ4n) is 1.47. The van der Waals surface area contributed by atoms with Gasteiger partial charge in [-0.25, -0.2) is 10.2 Å². The Bertz CT molecular complexity index is 476. The Morgan fingerprint density at radius 2 is 2.41 bits per heavy atom. The van der Waals surface area contributed by atoms with Gasteiger partial charge in [-0.3, -0.25) is 0 Å². The number of nitrogens with zero attached hydrogens (tertiary/aromatic N) is 1. The minimum Gasteiger partial charge on any atom is -0.466 e. The highest BCUT2D eigenvalue weighted by Gasteiger charge is 2.15. The molecule has 1 aliphatic heterocycles. The van der Waals surface area contributed by atoms with Crippen molar-refractivity contribution < 1.29 is 14.3 Å². The number of rotatable bonds is 2. The molecule has 2 amide bonds. The number of ether oxygens (including phenoxy) is 2. The lowest BCUT2D eigenvalue weighted by atomic mass is 10.1. The highest BCUT2D eigenvalue weighted by atomic mass is 35.5. The van der Waals surface area contributed by atoms with Crippen LogP contribution in [0.3, 0.4) is 0 Å². The van der Waals surface area contributed by atoms with Crippen LogP contribution in [0.1, 0.15) is 11.1 Å². The van der Waals surface area contributed by atoms with Crippen LogP contribution >= 0.6 is 11.6 Å². The van der Waals surface area contributed by atoms with Crippen LogP contribution < -0.4 is 15.9 Å². The third kappa shape index (κ3) is 2.86. The third-order valence-corrected chi connectivity index (χ3v) is 2.30. The quantitative estimate of drug-likeness (QED) is 0.615. The standard InChI is InChI=1S/C10H10ClN3O3/c11-8-1-6(3-13-14-10(12)15)9-7(2-8)4-16-5-17-9/h1-3H,4-5H2,(H3,12,14,15). The van der Waals surface area contributed by atoms with Gasteiger partial charge >= 0.3 is 6.03 Å². The van der Waals surface area contributed by atoms with E-state index < -0.39 is 6.03 Å². The number of nitrogens with two attached hydrogens (primary N) is 1. The number of fused-ring (bicyclic) bond motifs is 1. The average Bonchev–Trinajstić information content (AvgIpc) is 2.28. The lowest BCUT2D eigenvalue weighted by molar-refractivity contribution is -0.0164. The Kier molecular flexibility index (Phi) is 3.46. The Balaban J connectivity index is 2.29. The summed E-state index contributed by atoms with van der Waals surface area (Å²) in [4.78, 5) is 10.5. The van der Waals surface area contributed by atoms with Crippen molar-refractivity contribution in [1.29, 1.82) is 0 Å². The minimum absolute atomic E-state index is 0.179. The molecule has 2 rings (SSSR count). The van der Waals surface area contributed by atoms with E-state index in [2.05, 4.69) is 10.5 Å². The molecule has 90 valence electrons. The van der Waals surface area contributed by atoms with Gasteiger partial charge in [0.2, 0.25) is 0 Å². The molecule has 7 heteroatoms. The summed E-state index contributed by atoms with van der Waals surface area (Å²) in [5.74, 6) is 0.649. The van der Waals surface area contributed by atoms with E-state index in [4.69, 9.17) is 26.8 Å². The summed E-state index contributed by atoms with van der Waals surface area (Å²) in [6.45, 7) is 0.610. The van der Waals surface area contributed by atoms with Crippen molar-refractivity contribution in [3.05, 3.63) is 28.3 Å². The Morgan fingerprint density at radius 3 is 3.18 bits per heavy atom. The van der Waals surface area contributed by atoms with Gasteiger partial charge in [0, 0.05) is 16.1 Å². The molecule has 0 atom stereocenters. The van der Waals surface area contributed by atoms with Crippen LogP contribution in [0.2, 0.25) is 5.02 Å². The van der Waals surface area contributed by atoms with Crippen LogP contribution in [0.5, 0.6) is 5.75 Å². The van der Waals surface area contributed by atoms with E-state index in [1.165, 1.54) is 6.21 Å². The van der Waals surface area contributed by atoms with Crippen molar-refractivity contribution >= 4 is 23.8 Å². The number of carbonyl (C=O) groups is 1. The number of carbonyl (C=O) groups excluding carboxylic acids is 1. The highest BCUT2D eigenvalue weighted by Crippen LogP contribution is 2.30. The fraction of sp³-hybridized carbons (Fsp3) is 0.200. The molecule has 0 bridgehead atoms. The van der Waals surface area contributed by atoms with E-state index in [-0.39, 0.29) is 6.79 Å².